The molecular weight excluding hydrogens is 252 g/mol. The lowest BCUT2D eigenvalue weighted by Crippen LogP contribution is -2.42. The summed E-state index contributed by atoms with van der Waals surface area (Å²) in [6.07, 6.45) is 3.10. The smallest absolute Gasteiger partial charge is 0.245 e. The minimum atomic E-state index is -3.47. The minimum Gasteiger partial charge on any atom is -0.308 e. The number of hydrogen-bond donors (Lipinski definition) is 2. The van der Waals surface area contributed by atoms with E-state index >= 15 is 0 Å². The summed E-state index contributed by atoms with van der Waals surface area (Å²) in [5.74, 6) is 5.64. The third-order valence-electron chi connectivity index (χ3n) is 3.30. The van der Waals surface area contributed by atoms with Gasteiger partial charge in [-0.05, 0) is 38.8 Å². The number of aromatic nitrogens is 1. The zero-order valence-corrected chi connectivity index (χ0v) is 11.4. The lowest BCUT2D eigenvalue weighted by atomic mass is 10.0. The molecule has 0 radical (unpaired) electrons. The molecule has 2 rings (SSSR count). The first-order valence-electron chi connectivity index (χ1n) is 5.83. The van der Waals surface area contributed by atoms with Crippen LogP contribution in [-0.4, -0.2) is 29.8 Å². The zero-order chi connectivity index (χ0) is 13.4. The van der Waals surface area contributed by atoms with Gasteiger partial charge in [-0.15, -0.1) is 0 Å². The maximum Gasteiger partial charge on any atom is 0.245 e. The maximum absolute atomic E-state index is 12.5. The summed E-state index contributed by atoms with van der Waals surface area (Å²) >= 11 is 0. The molecule has 1 fully saturated rings. The monoisotopic (exact) mass is 270 g/mol. The summed E-state index contributed by atoms with van der Waals surface area (Å²) in [6.45, 7) is 4.45. The first-order valence-corrected chi connectivity index (χ1v) is 7.27. The topological polar surface area (TPSA) is 88.3 Å². The molecule has 0 saturated carbocycles. The van der Waals surface area contributed by atoms with Gasteiger partial charge in [0.1, 0.15) is 10.7 Å². The summed E-state index contributed by atoms with van der Waals surface area (Å²) < 4.78 is 26.5. The quantitative estimate of drug-likeness (QED) is 0.630. The number of hydrazine groups is 1. The van der Waals surface area contributed by atoms with Crippen LogP contribution in [0.1, 0.15) is 26.7 Å². The van der Waals surface area contributed by atoms with Gasteiger partial charge in [-0.1, -0.05) is 0 Å². The number of nitrogens with two attached hydrogens (primary N) is 1. The van der Waals surface area contributed by atoms with E-state index in [1.807, 2.05) is 13.8 Å². The number of rotatable bonds is 3. The van der Waals surface area contributed by atoms with Gasteiger partial charge in [0, 0.05) is 18.3 Å². The van der Waals surface area contributed by atoms with Crippen LogP contribution in [0.5, 0.6) is 0 Å². The largest absolute Gasteiger partial charge is 0.308 e. The molecule has 1 aromatic heterocycles. The molecule has 100 valence electrons. The van der Waals surface area contributed by atoms with Gasteiger partial charge in [0.25, 0.3) is 0 Å². The normalized spacial score (nSPS) is 19.9. The van der Waals surface area contributed by atoms with Gasteiger partial charge >= 0.3 is 0 Å². The van der Waals surface area contributed by atoms with Gasteiger partial charge < -0.3 is 5.43 Å². The van der Waals surface area contributed by atoms with E-state index in [4.69, 9.17) is 5.84 Å². The van der Waals surface area contributed by atoms with Gasteiger partial charge in [-0.2, -0.15) is 4.31 Å². The molecule has 0 aliphatic carbocycles. The first kappa shape index (κ1) is 13.3. The Labute approximate surface area is 107 Å². The van der Waals surface area contributed by atoms with Crippen molar-refractivity contribution in [3.8, 4) is 0 Å². The molecule has 1 aliphatic heterocycles. The van der Waals surface area contributed by atoms with Crippen molar-refractivity contribution < 1.29 is 8.42 Å². The molecule has 6 nitrogen and oxygen atoms in total. The van der Waals surface area contributed by atoms with Crippen LogP contribution < -0.4 is 11.3 Å². The van der Waals surface area contributed by atoms with Crippen molar-refractivity contribution in [2.24, 2.45) is 5.84 Å². The fraction of sp³-hybridized carbons (Fsp3) is 0.545. The van der Waals surface area contributed by atoms with Gasteiger partial charge in [0.15, 0.2) is 0 Å². The van der Waals surface area contributed by atoms with Crippen molar-refractivity contribution in [1.29, 1.82) is 0 Å². The fourth-order valence-electron chi connectivity index (χ4n) is 2.27. The molecule has 0 amide bonds. The van der Waals surface area contributed by atoms with Crippen LogP contribution in [0.4, 0.5) is 5.82 Å². The molecular formula is C11H18N4O2S. The van der Waals surface area contributed by atoms with E-state index in [1.54, 1.807) is 10.4 Å². The van der Waals surface area contributed by atoms with Crippen LogP contribution in [0.3, 0.4) is 0 Å². The maximum atomic E-state index is 12.5. The molecule has 0 unspecified atom stereocenters. The standard InChI is InChI=1S/C11H18N4O2S/c1-11(2)6-3-7-15(11)18(16,17)9-4-5-10(14-12)13-8-9/h4-5,8H,3,6-7,12H2,1-2H3,(H,13,14). The second-order valence-electron chi connectivity index (χ2n) is 5.02. The Hall–Kier alpha value is -1.18. The summed E-state index contributed by atoms with van der Waals surface area (Å²) in [5.41, 5.74) is 2.04. The molecule has 3 N–H and O–H groups in total. The highest BCUT2D eigenvalue weighted by atomic mass is 32.2. The predicted molar refractivity (Wildman–Crippen MR) is 69.3 cm³/mol. The number of nitrogens with one attached hydrogen (secondary N) is 1. The van der Waals surface area contributed by atoms with Crippen LogP contribution >= 0.6 is 0 Å². The third-order valence-corrected chi connectivity index (χ3v) is 5.39. The molecule has 0 aromatic carbocycles. The summed E-state index contributed by atoms with van der Waals surface area (Å²) in [4.78, 5) is 4.15. The molecule has 0 bridgehead atoms. The van der Waals surface area contributed by atoms with Crippen molar-refractivity contribution in [3.05, 3.63) is 18.3 Å². The van der Waals surface area contributed by atoms with Crippen molar-refractivity contribution in [3.63, 3.8) is 0 Å². The molecule has 7 heteroatoms. The SMILES string of the molecule is CC1(C)CCCN1S(=O)(=O)c1ccc(NN)nc1. The van der Waals surface area contributed by atoms with Gasteiger partial charge in [0.05, 0.1) is 0 Å². The Morgan fingerprint density at radius 1 is 1.44 bits per heavy atom. The van der Waals surface area contributed by atoms with Crippen LogP contribution in [0.15, 0.2) is 23.2 Å². The highest BCUT2D eigenvalue weighted by Crippen LogP contribution is 2.33. The predicted octanol–water partition coefficient (Wildman–Crippen LogP) is 0.930. The lowest BCUT2D eigenvalue weighted by molar-refractivity contribution is 0.291. The van der Waals surface area contributed by atoms with Crippen molar-refractivity contribution >= 4 is 15.8 Å². The van der Waals surface area contributed by atoms with Crippen molar-refractivity contribution in [2.45, 2.75) is 37.1 Å². The molecule has 1 aromatic rings. The Balaban J connectivity index is 2.36. The van der Waals surface area contributed by atoms with Gasteiger partial charge in [-0.25, -0.2) is 19.2 Å². The van der Waals surface area contributed by atoms with Crippen LogP contribution in [0.25, 0.3) is 0 Å². The Morgan fingerprint density at radius 2 is 2.17 bits per heavy atom. The Morgan fingerprint density at radius 3 is 2.61 bits per heavy atom. The van der Waals surface area contributed by atoms with Crippen LogP contribution in [-0.2, 0) is 10.0 Å². The van der Waals surface area contributed by atoms with E-state index in [2.05, 4.69) is 10.4 Å². The lowest BCUT2D eigenvalue weighted by Gasteiger charge is -2.30. The van der Waals surface area contributed by atoms with E-state index in [0.717, 1.165) is 12.8 Å². The van der Waals surface area contributed by atoms with E-state index in [-0.39, 0.29) is 10.4 Å². The van der Waals surface area contributed by atoms with E-state index in [9.17, 15) is 8.42 Å². The molecule has 2 heterocycles. The number of hydrogen-bond acceptors (Lipinski definition) is 5. The third kappa shape index (κ3) is 2.21. The van der Waals surface area contributed by atoms with Crippen molar-refractivity contribution in [2.75, 3.05) is 12.0 Å². The fourth-order valence-corrected chi connectivity index (χ4v) is 4.07. The minimum absolute atomic E-state index is 0.205. The van der Waals surface area contributed by atoms with E-state index in [0.29, 0.717) is 12.4 Å². The number of nitrogens with zero attached hydrogens (tertiary/aromatic N) is 2. The average Bonchev–Trinajstić information content (AvgIpc) is 2.69. The highest BCUT2D eigenvalue weighted by Gasteiger charge is 2.40. The Kier molecular flexibility index (Phi) is 3.31. The molecule has 1 aliphatic rings. The summed E-state index contributed by atoms with van der Waals surface area (Å²) in [6, 6.07) is 3.07. The Bertz CT molecular complexity index is 524. The average molecular weight is 270 g/mol. The number of sulfonamides is 1. The summed E-state index contributed by atoms with van der Waals surface area (Å²) in [5, 5.41) is 0. The van der Waals surface area contributed by atoms with E-state index in [1.165, 1.54) is 12.3 Å². The summed E-state index contributed by atoms with van der Waals surface area (Å²) in [7, 11) is -3.47. The molecule has 18 heavy (non-hydrogen) atoms. The molecule has 0 spiro atoms. The van der Waals surface area contributed by atoms with Crippen molar-refractivity contribution in [1.82, 2.24) is 9.29 Å². The number of anilines is 1. The molecule has 0 atom stereocenters. The molecule has 1 saturated heterocycles. The van der Waals surface area contributed by atoms with E-state index < -0.39 is 10.0 Å². The number of nitrogen functional groups attached to an aromatic ring is 1. The number of pyridine rings is 1. The second-order valence-corrected chi connectivity index (χ2v) is 6.88. The van der Waals surface area contributed by atoms with Crippen LogP contribution in [0, 0.1) is 0 Å². The van der Waals surface area contributed by atoms with Crippen LogP contribution in [0.2, 0.25) is 0 Å². The highest BCUT2D eigenvalue weighted by molar-refractivity contribution is 7.89. The zero-order valence-electron chi connectivity index (χ0n) is 10.5. The van der Waals surface area contributed by atoms with Gasteiger partial charge in [-0.3, -0.25) is 0 Å². The van der Waals surface area contributed by atoms with Gasteiger partial charge in [0.2, 0.25) is 10.0 Å². The first-order chi connectivity index (χ1) is 8.38. The second kappa shape index (κ2) is 4.49.